The summed E-state index contributed by atoms with van der Waals surface area (Å²) in [6.07, 6.45) is 3.55. The van der Waals surface area contributed by atoms with Crippen LogP contribution in [-0.2, 0) is 4.79 Å². The number of carbonyl (C=O) groups is 1. The Labute approximate surface area is 82.3 Å². The van der Waals surface area contributed by atoms with Crippen molar-refractivity contribution in [2.24, 2.45) is 0 Å². The van der Waals surface area contributed by atoms with Gasteiger partial charge in [-0.25, -0.2) is 0 Å². The van der Waals surface area contributed by atoms with Gasteiger partial charge in [0.2, 0.25) is 0 Å². The molecule has 0 amide bonds. The molecule has 0 aliphatic heterocycles. The lowest BCUT2D eigenvalue weighted by Gasteiger charge is -2.17. The lowest BCUT2D eigenvalue weighted by Crippen LogP contribution is -2.24. The van der Waals surface area contributed by atoms with Crippen LogP contribution < -0.4 is 0 Å². The maximum Gasteiger partial charge on any atom is 0.132 e. The number of nitrogens with zero attached hydrogens (tertiary/aromatic N) is 1. The molecule has 0 spiro atoms. The van der Waals surface area contributed by atoms with Gasteiger partial charge in [0, 0.05) is 12.8 Å². The Kier molecular flexibility index (Phi) is 8.00. The normalized spacial score (nSPS) is 10.8. The first-order valence-corrected chi connectivity index (χ1v) is 5.48. The number of carbonyl (C=O) groups excluding carboxylic acids is 1. The third-order valence-corrected chi connectivity index (χ3v) is 2.35. The Morgan fingerprint density at radius 3 is 2.15 bits per heavy atom. The van der Waals surface area contributed by atoms with Gasteiger partial charge in [0.25, 0.3) is 0 Å². The van der Waals surface area contributed by atoms with Crippen LogP contribution in [0.5, 0.6) is 0 Å². The second kappa shape index (κ2) is 8.24. The van der Waals surface area contributed by atoms with E-state index in [-0.39, 0.29) is 0 Å². The second-order valence-corrected chi connectivity index (χ2v) is 3.42. The number of ketones is 1. The molecule has 0 saturated heterocycles. The van der Waals surface area contributed by atoms with E-state index in [1.54, 1.807) is 0 Å². The minimum Gasteiger partial charge on any atom is -0.304 e. The average Bonchev–Trinajstić information content (AvgIpc) is 2.13. The topological polar surface area (TPSA) is 20.3 Å². The van der Waals surface area contributed by atoms with Crippen molar-refractivity contribution in [3.05, 3.63) is 0 Å². The van der Waals surface area contributed by atoms with Crippen molar-refractivity contribution in [1.82, 2.24) is 4.90 Å². The lowest BCUT2D eigenvalue weighted by atomic mass is 10.1. The Balaban J connectivity index is 3.37. The van der Waals surface area contributed by atoms with Crippen LogP contribution in [0.15, 0.2) is 0 Å². The molecule has 2 nitrogen and oxygen atoms in total. The molecule has 0 fully saturated rings. The zero-order chi connectivity index (χ0) is 10.1. The molecule has 0 atom stereocenters. The lowest BCUT2D eigenvalue weighted by molar-refractivity contribution is -0.119. The first-order valence-electron chi connectivity index (χ1n) is 5.48. The molecule has 0 rings (SSSR count). The van der Waals surface area contributed by atoms with E-state index in [9.17, 15) is 4.79 Å². The molecular weight excluding hydrogens is 162 g/mol. The monoisotopic (exact) mass is 185 g/mol. The summed E-state index contributed by atoms with van der Waals surface area (Å²) >= 11 is 0. The van der Waals surface area contributed by atoms with Crippen molar-refractivity contribution in [2.45, 2.75) is 46.5 Å². The highest BCUT2D eigenvalue weighted by atomic mass is 16.1. The van der Waals surface area contributed by atoms with Crippen LogP contribution in [-0.4, -0.2) is 30.3 Å². The second-order valence-electron chi connectivity index (χ2n) is 3.42. The Hall–Kier alpha value is -0.370. The molecule has 0 N–H and O–H groups in total. The van der Waals surface area contributed by atoms with Gasteiger partial charge in [-0.15, -0.1) is 0 Å². The van der Waals surface area contributed by atoms with E-state index in [1.807, 2.05) is 0 Å². The Bertz CT molecular complexity index is 130. The predicted molar refractivity (Wildman–Crippen MR) is 56.9 cm³/mol. The molecule has 0 aromatic rings. The van der Waals surface area contributed by atoms with Crippen LogP contribution in [0.25, 0.3) is 0 Å². The number of rotatable bonds is 8. The fourth-order valence-electron chi connectivity index (χ4n) is 1.44. The van der Waals surface area contributed by atoms with Gasteiger partial charge in [-0.3, -0.25) is 4.79 Å². The first-order chi connectivity index (χ1) is 6.24. The zero-order valence-corrected chi connectivity index (χ0v) is 9.31. The van der Waals surface area contributed by atoms with Crippen molar-refractivity contribution in [2.75, 3.05) is 19.6 Å². The van der Waals surface area contributed by atoms with E-state index in [2.05, 4.69) is 25.7 Å². The third-order valence-electron chi connectivity index (χ3n) is 2.35. The molecule has 0 aromatic carbocycles. The van der Waals surface area contributed by atoms with Crippen molar-refractivity contribution in [3.63, 3.8) is 0 Å². The van der Waals surface area contributed by atoms with Crippen LogP contribution in [0, 0.1) is 0 Å². The molecule has 0 aliphatic carbocycles. The molecule has 0 aliphatic rings. The molecule has 0 saturated carbocycles. The molecule has 0 aromatic heterocycles. The summed E-state index contributed by atoms with van der Waals surface area (Å²) in [7, 11) is 0. The minimum absolute atomic E-state index is 0.426. The molecule has 13 heavy (non-hydrogen) atoms. The molecule has 0 unspecified atom stereocenters. The molecule has 0 bridgehead atoms. The highest BCUT2D eigenvalue weighted by Gasteiger charge is 2.02. The van der Waals surface area contributed by atoms with E-state index in [0.29, 0.717) is 5.78 Å². The SMILES string of the molecule is CCCC(=O)CCCN(CC)CC. The van der Waals surface area contributed by atoms with Crippen molar-refractivity contribution in [1.29, 1.82) is 0 Å². The van der Waals surface area contributed by atoms with Crippen LogP contribution in [0.2, 0.25) is 0 Å². The minimum atomic E-state index is 0.426. The quantitative estimate of drug-likeness (QED) is 0.579. The van der Waals surface area contributed by atoms with Crippen LogP contribution in [0.4, 0.5) is 0 Å². The Morgan fingerprint density at radius 1 is 1.08 bits per heavy atom. The van der Waals surface area contributed by atoms with E-state index in [0.717, 1.165) is 45.3 Å². The number of hydrogen-bond donors (Lipinski definition) is 0. The van der Waals surface area contributed by atoms with Crippen LogP contribution >= 0.6 is 0 Å². The maximum absolute atomic E-state index is 11.2. The van der Waals surface area contributed by atoms with Crippen molar-refractivity contribution >= 4 is 5.78 Å². The summed E-state index contributed by atoms with van der Waals surface area (Å²) in [5, 5.41) is 0. The molecular formula is C11H23NO. The number of Topliss-reactive ketones (excluding diaryl/α,β-unsaturated/α-hetero) is 1. The van der Waals surface area contributed by atoms with Gasteiger partial charge in [0.1, 0.15) is 5.78 Å². The maximum atomic E-state index is 11.2. The molecule has 78 valence electrons. The summed E-state index contributed by atoms with van der Waals surface area (Å²) < 4.78 is 0. The van der Waals surface area contributed by atoms with E-state index in [4.69, 9.17) is 0 Å². The summed E-state index contributed by atoms with van der Waals surface area (Å²) in [4.78, 5) is 13.5. The average molecular weight is 185 g/mol. The van der Waals surface area contributed by atoms with Gasteiger partial charge in [0.15, 0.2) is 0 Å². The van der Waals surface area contributed by atoms with Gasteiger partial charge < -0.3 is 4.90 Å². The van der Waals surface area contributed by atoms with E-state index >= 15 is 0 Å². The highest BCUT2D eigenvalue weighted by molar-refractivity contribution is 5.78. The van der Waals surface area contributed by atoms with Gasteiger partial charge in [-0.1, -0.05) is 20.8 Å². The fraction of sp³-hybridized carbons (Fsp3) is 0.909. The molecule has 0 heterocycles. The van der Waals surface area contributed by atoms with Crippen LogP contribution in [0.3, 0.4) is 0 Å². The summed E-state index contributed by atoms with van der Waals surface area (Å²) in [5.41, 5.74) is 0. The van der Waals surface area contributed by atoms with E-state index in [1.165, 1.54) is 0 Å². The van der Waals surface area contributed by atoms with Gasteiger partial charge >= 0.3 is 0 Å². The van der Waals surface area contributed by atoms with Gasteiger partial charge in [0.05, 0.1) is 0 Å². The predicted octanol–water partition coefficient (Wildman–Crippen LogP) is 2.48. The smallest absolute Gasteiger partial charge is 0.132 e. The summed E-state index contributed by atoms with van der Waals surface area (Å²) in [6, 6.07) is 0. The largest absolute Gasteiger partial charge is 0.304 e. The van der Waals surface area contributed by atoms with Crippen molar-refractivity contribution < 1.29 is 4.79 Å². The zero-order valence-electron chi connectivity index (χ0n) is 9.31. The highest BCUT2D eigenvalue weighted by Crippen LogP contribution is 2.00. The first kappa shape index (κ1) is 12.6. The summed E-state index contributed by atoms with van der Waals surface area (Å²) in [5.74, 6) is 0.426. The van der Waals surface area contributed by atoms with Gasteiger partial charge in [-0.2, -0.15) is 0 Å². The third kappa shape index (κ3) is 6.76. The molecule has 2 heteroatoms. The van der Waals surface area contributed by atoms with Crippen LogP contribution in [0.1, 0.15) is 46.5 Å². The van der Waals surface area contributed by atoms with Crippen molar-refractivity contribution in [3.8, 4) is 0 Å². The fourth-order valence-corrected chi connectivity index (χ4v) is 1.44. The Morgan fingerprint density at radius 2 is 1.69 bits per heavy atom. The van der Waals surface area contributed by atoms with E-state index < -0.39 is 0 Å². The van der Waals surface area contributed by atoms with Gasteiger partial charge in [-0.05, 0) is 32.5 Å². The summed E-state index contributed by atoms with van der Waals surface area (Å²) in [6.45, 7) is 9.65. The number of hydrogen-bond acceptors (Lipinski definition) is 2. The molecule has 0 radical (unpaired) electrons. The standard InChI is InChI=1S/C11H23NO/c1-4-8-11(13)9-7-10-12(5-2)6-3/h4-10H2,1-3H3.